The molecule has 0 bridgehead atoms. The maximum absolute atomic E-state index is 13.5. The second kappa shape index (κ2) is 6.31. The van der Waals surface area contributed by atoms with Gasteiger partial charge < -0.3 is 14.5 Å². The lowest BCUT2D eigenvalue weighted by atomic mass is 10.2. The van der Waals surface area contributed by atoms with Gasteiger partial charge in [-0.05, 0) is 19.1 Å². The predicted molar refractivity (Wildman–Crippen MR) is 68.7 cm³/mol. The van der Waals surface area contributed by atoms with Gasteiger partial charge in [-0.25, -0.2) is 9.78 Å². The number of ether oxygens (including phenoxy) is 1. The van der Waals surface area contributed by atoms with E-state index in [1.165, 1.54) is 28.1 Å². The summed E-state index contributed by atoms with van der Waals surface area (Å²) < 4.78 is 18.4. The Bertz CT molecular complexity index is 501. The number of rotatable bonds is 2. The second-order valence-corrected chi connectivity index (χ2v) is 4.32. The molecule has 2 heterocycles. The standard InChI is InChI=1S/C13H16FN3O3/c1-2-20-13(19)17-8-6-16(7-9-17)12(18)10-4-3-5-15-11(10)14/h3-5H,2,6-9H2,1H3. The fourth-order valence-electron chi connectivity index (χ4n) is 2.02. The quantitative estimate of drug-likeness (QED) is 0.762. The first-order valence-electron chi connectivity index (χ1n) is 6.45. The molecule has 2 amide bonds. The minimum Gasteiger partial charge on any atom is -0.450 e. The maximum Gasteiger partial charge on any atom is 0.409 e. The molecule has 20 heavy (non-hydrogen) atoms. The molecule has 7 heteroatoms. The highest BCUT2D eigenvalue weighted by atomic mass is 19.1. The molecule has 2 rings (SSSR count). The molecule has 1 aromatic rings. The molecule has 0 spiro atoms. The Hall–Kier alpha value is -2.18. The fourth-order valence-corrected chi connectivity index (χ4v) is 2.02. The van der Waals surface area contributed by atoms with Crippen LogP contribution in [-0.4, -0.2) is 59.6 Å². The molecule has 0 unspecified atom stereocenters. The van der Waals surface area contributed by atoms with Crippen molar-refractivity contribution in [3.05, 3.63) is 29.8 Å². The number of amides is 2. The van der Waals surface area contributed by atoms with Crippen molar-refractivity contribution in [2.75, 3.05) is 32.8 Å². The average Bonchev–Trinajstić information content (AvgIpc) is 2.47. The van der Waals surface area contributed by atoms with E-state index in [9.17, 15) is 14.0 Å². The van der Waals surface area contributed by atoms with Crippen LogP contribution >= 0.6 is 0 Å². The van der Waals surface area contributed by atoms with Crippen molar-refractivity contribution >= 4 is 12.0 Å². The molecule has 1 aliphatic heterocycles. The highest BCUT2D eigenvalue weighted by molar-refractivity contribution is 5.94. The molecule has 108 valence electrons. The first-order valence-corrected chi connectivity index (χ1v) is 6.45. The summed E-state index contributed by atoms with van der Waals surface area (Å²) in [5.41, 5.74) is -0.0444. The summed E-state index contributed by atoms with van der Waals surface area (Å²) in [6.45, 7) is 3.53. The van der Waals surface area contributed by atoms with E-state index in [2.05, 4.69) is 4.98 Å². The molecule has 1 saturated heterocycles. The summed E-state index contributed by atoms with van der Waals surface area (Å²) in [4.78, 5) is 30.2. The highest BCUT2D eigenvalue weighted by Gasteiger charge is 2.26. The van der Waals surface area contributed by atoms with E-state index in [0.717, 1.165) is 0 Å². The zero-order valence-corrected chi connectivity index (χ0v) is 11.2. The van der Waals surface area contributed by atoms with Crippen molar-refractivity contribution in [1.82, 2.24) is 14.8 Å². The molecule has 1 aromatic heterocycles. The van der Waals surface area contributed by atoms with Gasteiger partial charge in [0, 0.05) is 32.4 Å². The highest BCUT2D eigenvalue weighted by Crippen LogP contribution is 2.11. The molecule has 0 aliphatic carbocycles. The number of piperazine rings is 1. The first-order chi connectivity index (χ1) is 9.63. The van der Waals surface area contributed by atoms with E-state index in [-0.39, 0.29) is 11.7 Å². The van der Waals surface area contributed by atoms with Crippen LogP contribution in [0.15, 0.2) is 18.3 Å². The van der Waals surface area contributed by atoms with Crippen molar-refractivity contribution in [3.8, 4) is 0 Å². The van der Waals surface area contributed by atoms with Crippen molar-refractivity contribution in [1.29, 1.82) is 0 Å². The van der Waals surface area contributed by atoms with Crippen LogP contribution in [0.2, 0.25) is 0 Å². The van der Waals surface area contributed by atoms with Gasteiger partial charge in [0.25, 0.3) is 5.91 Å². The van der Waals surface area contributed by atoms with E-state index < -0.39 is 11.9 Å². The van der Waals surface area contributed by atoms with Gasteiger partial charge >= 0.3 is 6.09 Å². The Morgan fingerprint density at radius 3 is 2.55 bits per heavy atom. The summed E-state index contributed by atoms with van der Waals surface area (Å²) in [5, 5.41) is 0. The molecule has 0 aromatic carbocycles. The van der Waals surface area contributed by atoms with E-state index in [0.29, 0.717) is 32.8 Å². The van der Waals surface area contributed by atoms with Crippen LogP contribution in [0.1, 0.15) is 17.3 Å². The van der Waals surface area contributed by atoms with Crippen molar-refractivity contribution in [2.45, 2.75) is 6.92 Å². The summed E-state index contributed by atoms with van der Waals surface area (Å²) >= 11 is 0. The smallest absolute Gasteiger partial charge is 0.409 e. The van der Waals surface area contributed by atoms with Gasteiger partial charge in [0.2, 0.25) is 5.95 Å². The lowest BCUT2D eigenvalue weighted by Gasteiger charge is -2.34. The molecule has 0 atom stereocenters. The number of carbonyl (C=O) groups excluding carboxylic acids is 2. The van der Waals surface area contributed by atoms with Crippen LogP contribution in [0.25, 0.3) is 0 Å². The number of nitrogens with zero attached hydrogens (tertiary/aromatic N) is 3. The largest absolute Gasteiger partial charge is 0.450 e. The number of hydrogen-bond acceptors (Lipinski definition) is 4. The van der Waals surface area contributed by atoms with Crippen molar-refractivity contribution < 1.29 is 18.7 Å². The molecule has 0 N–H and O–H groups in total. The van der Waals surface area contributed by atoms with Gasteiger partial charge in [-0.1, -0.05) is 0 Å². The predicted octanol–water partition coefficient (Wildman–Crippen LogP) is 1.14. The summed E-state index contributed by atoms with van der Waals surface area (Å²) in [6.07, 6.45) is 0.914. The third-order valence-corrected chi connectivity index (χ3v) is 3.08. The first kappa shape index (κ1) is 14.2. The molecule has 1 aliphatic rings. The number of carbonyl (C=O) groups is 2. The minimum atomic E-state index is -0.773. The van der Waals surface area contributed by atoms with Gasteiger partial charge in [-0.3, -0.25) is 4.79 Å². The topological polar surface area (TPSA) is 62.7 Å². The zero-order valence-electron chi connectivity index (χ0n) is 11.2. The second-order valence-electron chi connectivity index (χ2n) is 4.32. The molecular formula is C13H16FN3O3. The summed E-state index contributed by atoms with van der Waals surface area (Å²) in [5.74, 6) is -1.18. The lowest BCUT2D eigenvalue weighted by Crippen LogP contribution is -2.50. The molecule has 6 nitrogen and oxygen atoms in total. The van der Waals surface area contributed by atoms with Gasteiger partial charge in [-0.2, -0.15) is 4.39 Å². The van der Waals surface area contributed by atoms with Crippen molar-refractivity contribution in [2.24, 2.45) is 0 Å². The Balaban J connectivity index is 1.96. The van der Waals surface area contributed by atoms with Crippen LogP contribution < -0.4 is 0 Å². The normalized spacial score (nSPS) is 15.1. The number of aromatic nitrogens is 1. The number of hydrogen-bond donors (Lipinski definition) is 0. The van der Waals surface area contributed by atoms with Crippen LogP contribution in [0.4, 0.5) is 9.18 Å². The fraction of sp³-hybridized carbons (Fsp3) is 0.462. The van der Waals surface area contributed by atoms with E-state index in [4.69, 9.17) is 4.74 Å². The summed E-state index contributed by atoms with van der Waals surface area (Å²) in [6, 6.07) is 2.92. The van der Waals surface area contributed by atoms with Gasteiger partial charge in [-0.15, -0.1) is 0 Å². The van der Waals surface area contributed by atoms with Gasteiger partial charge in [0.15, 0.2) is 0 Å². The maximum atomic E-state index is 13.5. The molecule has 1 fully saturated rings. The Kier molecular flexibility index (Phi) is 4.49. The van der Waals surface area contributed by atoms with Gasteiger partial charge in [0.05, 0.1) is 12.2 Å². The molecule has 0 saturated carbocycles. The van der Waals surface area contributed by atoms with Crippen LogP contribution in [0, 0.1) is 5.95 Å². The van der Waals surface area contributed by atoms with Crippen LogP contribution in [0.5, 0.6) is 0 Å². The average molecular weight is 281 g/mol. The third-order valence-electron chi connectivity index (χ3n) is 3.08. The minimum absolute atomic E-state index is 0.0444. The third kappa shape index (κ3) is 3.04. The van der Waals surface area contributed by atoms with Gasteiger partial charge in [0.1, 0.15) is 0 Å². The monoisotopic (exact) mass is 281 g/mol. The van der Waals surface area contributed by atoms with E-state index >= 15 is 0 Å². The van der Waals surface area contributed by atoms with E-state index in [1.54, 1.807) is 6.92 Å². The SMILES string of the molecule is CCOC(=O)N1CCN(C(=O)c2cccnc2F)CC1. The van der Waals surface area contributed by atoms with E-state index in [1.807, 2.05) is 0 Å². The number of pyridine rings is 1. The van der Waals surface area contributed by atoms with Crippen molar-refractivity contribution in [3.63, 3.8) is 0 Å². The lowest BCUT2D eigenvalue weighted by molar-refractivity contribution is 0.0566. The number of halogens is 1. The Morgan fingerprint density at radius 1 is 1.30 bits per heavy atom. The molecular weight excluding hydrogens is 265 g/mol. The molecule has 0 radical (unpaired) electrons. The Morgan fingerprint density at radius 2 is 1.95 bits per heavy atom. The van der Waals surface area contributed by atoms with Crippen LogP contribution in [0.3, 0.4) is 0 Å². The zero-order chi connectivity index (χ0) is 14.5. The summed E-state index contributed by atoms with van der Waals surface area (Å²) in [7, 11) is 0. The van der Waals surface area contributed by atoms with Crippen LogP contribution in [-0.2, 0) is 4.74 Å². The Labute approximate surface area is 116 Å².